The third kappa shape index (κ3) is 3.59. The maximum absolute atomic E-state index is 11.6. The van der Waals surface area contributed by atoms with Gasteiger partial charge in [-0.2, -0.15) is 0 Å². The Balaban J connectivity index is 2.79. The van der Waals surface area contributed by atoms with E-state index in [1.54, 1.807) is 0 Å². The fraction of sp³-hybridized carbons (Fsp3) is 0.500. The minimum Gasteiger partial charge on any atom is -0.323 e. The van der Waals surface area contributed by atoms with Crippen LogP contribution >= 0.6 is 19.4 Å². The second-order valence-electron chi connectivity index (χ2n) is 3.97. The molecule has 2 N–H and O–H groups in total. The van der Waals surface area contributed by atoms with Crippen molar-refractivity contribution in [2.75, 3.05) is 0 Å². The first-order valence-corrected chi connectivity index (χ1v) is 8.28. The van der Waals surface area contributed by atoms with E-state index < -0.39 is 12.1 Å². The Kier molecular flexibility index (Phi) is 5.26. The van der Waals surface area contributed by atoms with Gasteiger partial charge in [-0.15, -0.1) is 11.8 Å². The highest BCUT2D eigenvalue weighted by Crippen LogP contribution is 2.61. The van der Waals surface area contributed by atoms with Gasteiger partial charge in [-0.3, -0.25) is 4.57 Å². The Morgan fingerprint density at radius 1 is 1.18 bits per heavy atom. The molecule has 0 atom stereocenters. The van der Waals surface area contributed by atoms with Crippen LogP contribution in [0.3, 0.4) is 0 Å². The van der Waals surface area contributed by atoms with Crippen molar-refractivity contribution >= 4 is 19.4 Å². The smallest absolute Gasteiger partial charge is 0.323 e. The summed E-state index contributed by atoms with van der Waals surface area (Å²) < 4.78 is 10.7. The molecular weight excluding hydrogens is 255 g/mol. The van der Waals surface area contributed by atoms with E-state index in [1.165, 1.54) is 11.8 Å². The van der Waals surface area contributed by atoms with Crippen molar-refractivity contribution in [2.24, 2.45) is 0 Å². The van der Waals surface area contributed by atoms with Crippen LogP contribution in [0.2, 0.25) is 0 Å². The zero-order valence-corrected chi connectivity index (χ0v) is 11.9. The Bertz CT molecular complexity index is 384. The molecule has 0 aromatic heterocycles. The van der Waals surface area contributed by atoms with E-state index in [-0.39, 0.29) is 0 Å². The lowest BCUT2D eigenvalue weighted by Gasteiger charge is -2.31. The van der Waals surface area contributed by atoms with Crippen LogP contribution in [0.5, 0.6) is 0 Å². The van der Waals surface area contributed by atoms with E-state index in [4.69, 9.17) is 0 Å². The third-order valence-electron chi connectivity index (χ3n) is 2.99. The quantitative estimate of drug-likeness (QED) is 0.778. The largest absolute Gasteiger partial charge is 0.341 e. The van der Waals surface area contributed by atoms with Crippen LogP contribution in [-0.2, 0) is 10.3 Å². The molecule has 1 aromatic carbocycles. The van der Waals surface area contributed by atoms with Crippen molar-refractivity contribution in [2.45, 2.75) is 36.9 Å². The Hall–Kier alpha value is -0.280. The van der Waals surface area contributed by atoms with Crippen molar-refractivity contribution in [1.82, 2.24) is 0 Å². The lowest BCUT2D eigenvalue weighted by molar-refractivity contribution is 0.346. The fourth-order valence-corrected chi connectivity index (χ4v) is 4.47. The monoisotopic (exact) mass is 274 g/mol. The second-order valence-corrected chi connectivity index (χ2v) is 7.58. The standard InChI is InChI=1S/C12H19O3PS/c1-3-12(4-2,16(13,14)15)17-10-11-8-6-5-7-9-11/h5-9H,3-4,10H2,1-2H3,(H2,13,14,15). The second kappa shape index (κ2) is 6.05. The van der Waals surface area contributed by atoms with Gasteiger partial charge < -0.3 is 9.79 Å². The minimum atomic E-state index is -4.08. The number of benzene rings is 1. The van der Waals surface area contributed by atoms with E-state index >= 15 is 0 Å². The molecule has 0 bridgehead atoms. The summed E-state index contributed by atoms with van der Waals surface area (Å²) in [6.45, 7) is 3.67. The minimum absolute atomic E-state index is 0.477. The van der Waals surface area contributed by atoms with Gasteiger partial charge in [0.05, 0.1) is 0 Å². The molecule has 0 aliphatic rings. The Morgan fingerprint density at radius 3 is 2.12 bits per heavy atom. The van der Waals surface area contributed by atoms with Crippen LogP contribution < -0.4 is 0 Å². The predicted octanol–water partition coefficient (Wildman–Crippen LogP) is 3.61. The molecule has 0 fully saturated rings. The summed E-state index contributed by atoms with van der Waals surface area (Å²) in [6.07, 6.45) is 0.955. The first-order valence-electron chi connectivity index (χ1n) is 5.68. The molecule has 0 spiro atoms. The highest BCUT2D eigenvalue weighted by molar-refractivity contribution is 8.05. The summed E-state index contributed by atoms with van der Waals surface area (Å²) in [4.78, 5) is 19.0. The number of rotatable bonds is 6. The summed E-state index contributed by atoms with van der Waals surface area (Å²) in [5.41, 5.74) is 1.09. The molecule has 0 unspecified atom stereocenters. The first-order chi connectivity index (χ1) is 7.95. The van der Waals surface area contributed by atoms with E-state index in [0.29, 0.717) is 18.6 Å². The van der Waals surface area contributed by atoms with Crippen LogP contribution in [-0.4, -0.2) is 14.3 Å². The highest BCUT2D eigenvalue weighted by atomic mass is 32.2. The number of thioether (sulfide) groups is 1. The average Bonchev–Trinajstić information content (AvgIpc) is 2.30. The van der Waals surface area contributed by atoms with Gasteiger partial charge in [0.15, 0.2) is 0 Å². The van der Waals surface area contributed by atoms with Gasteiger partial charge in [0.25, 0.3) is 0 Å². The molecule has 96 valence electrons. The van der Waals surface area contributed by atoms with Crippen LogP contribution in [0.25, 0.3) is 0 Å². The van der Waals surface area contributed by atoms with Gasteiger partial charge in [-0.1, -0.05) is 44.2 Å². The SMILES string of the molecule is CCC(CC)(SCc1ccccc1)P(=O)(O)O. The average molecular weight is 274 g/mol. The summed E-state index contributed by atoms with van der Waals surface area (Å²) in [5.74, 6) is 0.633. The van der Waals surface area contributed by atoms with E-state index in [0.717, 1.165) is 5.56 Å². The molecule has 0 heterocycles. The summed E-state index contributed by atoms with van der Waals surface area (Å²) in [5, 5.41) is 0. The van der Waals surface area contributed by atoms with E-state index in [9.17, 15) is 14.4 Å². The molecule has 1 rings (SSSR count). The summed E-state index contributed by atoms with van der Waals surface area (Å²) in [6, 6.07) is 9.76. The first kappa shape index (κ1) is 14.8. The zero-order valence-electron chi connectivity index (χ0n) is 10.2. The summed E-state index contributed by atoms with van der Waals surface area (Å²) in [7, 11) is -4.08. The molecule has 0 aliphatic heterocycles. The normalized spacial score (nSPS) is 12.7. The molecule has 5 heteroatoms. The van der Waals surface area contributed by atoms with Crippen LogP contribution in [0.15, 0.2) is 30.3 Å². The summed E-state index contributed by atoms with van der Waals surface area (Å²) >= 11 is 1.37. The van der Waals surface area contributed by atoms with Crippen molar-refractivity contribution in [3.05, 3.63) is 35.9 Å². The Labute approximate surface area is 107 Å². The third-order valence-corrected chi connectivity index (χ3v) is 7.37. The molecule has 1 aromatic rings. The topological polar surface area (TPSA) is 57.5 Å². The molecule has 0 saturated heterocycles. The van der Waals surface area contributed by atoms with Crippen molar-refractivity contribution in [1.29, 1.82) is 0 Å². The van der Waals surface area contributed by atoms with E-state index in [2.05, 4.69) is 0 Å². The molecular formula is C12H19O3PS. The van der Waals surface area contributed by atoms with Crippen LogP contribution in [0.1, 0.15) is 32.3 Å². The molecule has 0 saturated carbocycles. The van der Waals surface area contributed by atoms with E-state index in [1.807, 2.05) is 44.2 Å². The number of hydrogen-bond acceptors (Lipinski definition) is 2. The molecule has 0 aliphatic carbocycles. The molecule has 3 nitrogen and oxygen atoms in total. The van der Waals surface area contributed by atoms with Crippen molar-refractivity contribution < 1.29 is 14.4 Å². The van der Waals surface area contributed by atoms with Crippen molar-refractivity contribution in [3.8, 4) is 0 Å². The fourth-order valence-electron chi connectivity index (χ4n) is 1.74. The van der Waals surface area contributed by atoms with Gasteiger partial charge in [0.1, 0.15) is 4.49 Å². The van der Waals surface area contributed by atoms with Gasteiger partial charge in [-0.05, 0) is 18.4 Å². The van der Waals surface area contributed by atoms with Gasteiger partial charge in [-0.25, -0.2) is 0 Å². The number of hydrogen-bond donors (Lipinski definition) is 2. The van der Waals surface area contributed by atoms with Gasteiger partial charge in [0, 0.05) is 5.75 Å². The maximum Gasteiger partial charge on any atom is 0.341 e. The van der Waals surface area contributed by atoms with Crippen LogP contribution in [0.4, 0.5) is 0 Å². The zero-order chi connectivity index (χ0) is 12.9. The Morgan fingerprint density at radius 2 is 1.71 bits per heavy atom. The highest BCUT2D eigenvalue weighted by Gasteiger charge is 2.44. The van der Waals surface area contributed by atoms with Gasteiger partial charge >= 0.3 is 7.60 Å². The maximum atomic E-state index is 11.6. The van der Waals surface area contributed by atoms with Crippen molar-refractivity contribution in [3.63, 3.8) is 0 Å². The lowest BCUT2D eigenvalue weighted by Crippen LogP contribution is -2.23. The van der Waals surface area contributed by atoms with Crippen LogP contribution in [0, 0.1) is 0 Å². The molecule has 0 radical (unpaired) electrons. The lowest BCUT2D eigenvalue weighted by atomic mass is 10.2. The van der Waals surface area contributed by atoms with Gasteiger partial charge in [0.2, 0.25) is 0 Å². The predicted molar refractivity (Wildman–Crippen MR) is 73.1 cm³/mol. The molecule has 17 heavy (non-hydrogen) atoms. The molecule has 0 amide bonds.